The summed E-state index contributed by atoms with van der Waals surface area (Å²) in [7, 11) is 2.08. The van der Waals surface area contributed by atoms with E-state index >= 15 is 0 Å². The zero-order valence-electron chi connectivity index (χ0n) is 17.2. The molecule has 1 amide bonds. The molecule has 160 valence electrons. The Kier molecular flexibility index (Phi) is 5.77. The molecule has 30 heavy (non-hydrogen) atoms. The second-order valence-electron chi connectivity index (χ2n) is 8.31. The number of piperazine rings is 1. The summed E-state index contributed by atoms with van der Waals surface area (Å²) < 4.78 is 13.8. The number of nitrogens with zero attached hydrogens (tertiary/aromatic N) is 3. The third-order valence-corrected chi connectivity index (χ3v) is 6.44. The van der Waals surface area contributed by atoms with E-state index in [0.717, 1.165) is 37.8 Å². The van der Waals surface area contributed by atoms with Crippen molar-refractivity contribution in [3.05, 3.63) is 65.5 Å². The highest BCUT2D eigenvalue weighted by molar-refractivity contribution is 5.94. The van der Waals surface area contributed by atoms with Gasteiger partial charge >= 0.3 is 0 Å². The van der Waals surface area contributed by atoms with E-state index < -0.39 is 17.2 Å². The minimum Gasteiger partial charge on any atom is -0.505 e. The van der Waals surface area contributed by atoms with Crippen LogP contribution in [0.1, 0.15) is 22.3 Å². The summed E-state index contributed by atoms with van der Waals surface area (Å²) in [6.45, 7) is 4.16. The first-order valence-electron chi connectivity index (χ1n) is 10.4. The van der Waals surface area contributed by atoms with Crippen LogP contribution in [0.4, 0.5) is 4.39 Å². The second-order valence-corrected chi connectivity index (χ2v) is 8.31. The van der Waals surface area contributed by atoms with Gasteiger partial charge in [-0.2, -0.15) is 0 Å². The van der Waals surface area contributed by atoms with E-state index in [1.807, 2.05) is 30.3 Å². The first-order chi connectivity index (χ1) is 14.4. The molecule has 2 aromatic rings. The van der Waals surface area contributed by atoms with Gasteiger partial charge in [-0.3, -0.25) is 9.69 Å². The van der Waals surface area contributed by atoms with Gasteiger partial charge in [0.2, 0.25) is 0 Å². The molecule has 2 saturated heterocycles. The first kappa shape index (κ1) is 20.8. The molecule has 0 saturated carbocycles. The van der Waals surface area contributed by atoms with E-state index in [1.165, 1.54) is 12.1 Å². The summed E-state index contributed by atoms with van der Waals surface area (Å²) in [4.78, 5) is 19.3. The van der Waals surface area contributed by atoms with Crippen molar-refractivity contribution in [1.82, 2.24) is 14.7 Å². The van der Waals surface area contributed by atoms with Crippen molar-refractivity contribution in [3.63, 3.8) is 0 Å². The maximum Gasteiger partial charge on any atom is 0.254 e. The number of hydrogen-bond acceptors (Lipinski definition) is 5. The van der Waals surface area contributed by atoms with E-state index in [2.05, 4.69) is 16.8 Å². The second kappa shape index (κ2) is 8.34. The van der Waals surface area contributed by atoms with Crippen LogP contribution in [-0.2, 0) is 5.60 Å². The van der Waals surface area contributed by atoms with Crippen molar-refractivity contribution in [2.75, 3.05) is 46.3 Å². The van der Waals surface area contributed by atoms with Crippen LogP contribution in [0.2, 0.25) is 0 Å². The van der Waals surface area contributed by atoms with Crippen molar-refractivity contribution in [2.45, 2.75) is 18.1 Å². The SMILES string of the molecule is CN1CCN([C@@H]2CN(C(=O)c3ccc(O)c(F)c3)CC[C@]2(O)c2ccccc2)CC1. The fourth-order valence-corrected chi connectivity index (χ4v) is 4.54. The number of rotatable bonds is 3. The number of phenolic OH excluding ortho intramolecular Hbond substituents is 1. The average Bonchev–Trinajstić information content (AvgIpc) is 2.77. The van der Waals surface area contributed by atoms with Crippen LogP contribution >= 0.6 is 0 Å². The molecular weight excluding hydrogens is 385 g/mol. The molecule has 2 atom stereocenters. The third-order valence-electron chi connectivity index (χ3n) is 6.44. The van der Waals surface area contributed by atoms with E-state index in [4.69, 9.17) is 0 Å². The lowest BCUT2D eigenvalue weighted by atomic mass is 9.79. The number of aromatic hydroxyl groups is 1. The van der Waals surface area contributed by atoms with E-state index in [0.29, 0.717) is 19.5 Å². The van der Waals surface area contributed by atoms with Gasteiger partial charge in [-0.05, 0) is 37.2 Å². The highest BCUT2D eigenvalue weighted by atomic mass is 19.1. The Morgan fingerprint density at radius 1 is 1.07 bits per heavy atom. The fraction of sp³-hybridized carbons (Fsp3) is 0.435. The molecular formula is C23H28FN3O3. The van der Waals surface area contributed by atoms with Crippen LogP contribution in [0.3, 0.4) is 0 Å². The summed E-state index contributed by atoms with van der Waals surface area (Å²) in [6, 6.07) is 13.1. The molecule has 7 heteroatoms. The summed E-state index contributed by atoms with van der Waals surface area (Å²) >= 11 is 0. The van der Waals surface area contributed by atoms with Crippen LogP contribution in [-0.4, -0.2) is 83.2 Å². The summed E-state index contributed by atoms with van der Waals surface area (Å²) in [5.74, 6) is -1.57. The molecule has 0 bridgehead atoms. The Morgan fingerprint density at radius 3 is 2.43 bits per heavy atom. The maximum atomic E-state index is 13.8. The van der Waals surface area contributed by atoms with Gasteiger partial charge in [0.25, 0.3) is 5.91 Å². The molecule has 2 heterocycles. The fourth-order valence-electron chi connectivity index (χ4n) is 4.54. The van der Waals surface area contributed by atoms with Gasteiger partial charge in [-0.25, -0.2) is 4.39 Å². The van der Waals surface area contributed by atoms with Crippen molar-refractivity contribution < 1.29 is 19.4 Å². The van der Waals surface area contributed by atoms with E-state index in [-0.39, 0.29) is 17.5 Å². The van der Waals surface area contributed by atoms with E-state index in [1.54, 1.807) is 4.90 Å². The number of amides is 1. The van der Waals surface area contributed by atoms with Crippen molar-refractivity contribution in [2.24, 2.45) is 0 Å². The molecule has 2 fully saturated rings. The smallest absolute Gasteiger partial charge is 0.254 e. The number of likely N-dealkylation sites (tertiary alicyclic amines) is 1. The molecule has 6 nitrogen and oxygen atoms in total. The first-order valence-corrected chi connectivity index (χ1v) is 10.4. The normalized spacial score (nSPS) is 26.0. The van der Waals surface area contributed by atoms with Gasteiger partial charge in [0.15, 0.2) is 11.6 Å². The Hall–Kier alpha value is -2.48. The molecule has 0 aromatic heterocycles. The maximum absolute atomic E-state index is 13.8. The standard InChI is InChI=1S/C23H28FN3O3/c1-25-11-13-26(14-12-25)21-16-27(22(29)17-7-8-20(28)19(24)15-17)10-9-23(21,30)18-5-3-2-4-6-18/h2-8,15,21,28,30H,9-14,16H2,1H3/t21-,23+/m1/s1. The minimum atomic E-state index is -1.06. The molecule has 0 radical (unpaired) electrons. The largest absolute Gasteiger partial charge is 0.505 e. The Labute approximate surface area is 176 Å². The summed E-state index contributed by atoms with van der Waals surface area (Å²) in [6.07, 6.45) is 0.403. The molecule has 2 N–H and O–H groups in total. The molecule has 2 aliphatic heterocycles. The predicted octanol–water partition coefficient (Wildman–Crippen LogP) is 1.88. The number of halogens is 1. The average molecular weight is 413 g/mol. The molecule has 0 aliphatic carbocycles. The number of benzene rings is 2. The van der Waals surface area contributed by atoms with Crippen LogP contribution in [0.5, 0.6) is 5.75 Å². The zero-order chi connectivity index (χ0) is 21.3. The van der Waals surface area contributed by atoms with Crippen molar-refractivity contribution >= 4 is 5.91 Å². The number of carbonyl (C=O) groups excluding carboxylic acids is 1. The van der Waals surface area contributed by atoms with Crippen LogP contribution in [0.25, 0.3) is 0 Å². The van der Waals surface area contributed by atoms with Gasteiger partial charge < -0.3 is 20.0 Å². The van der Waals surface area contributed by atoms with Crippen molar-refractivity contribution in [3.8, 4) is 5.75 Å². The Bertz CT molecular complexity index is 902. The monoisotopic (exact) mass is 413 g/mol. The van der Waals surface area contributed by atoms with Gasteiger partial charge in [-0.1, -0.05) is 30.3 Å². The van der Waals surface area contributed by atoms with Gasteiger partial charge in [0.05, 0.1) is 6.04 Å². The number of carbonyl (C=O) groups is 1. The van der Waals surface area contributed by atoms with Crippen molar-refractivity contribution in [1.29, 1.82) is 0 Å². The number of piperidine rings is 1. The summed E-state index contributed by atoms with van der Waals surface area (Å²) in [5, 5.41) is 21.2. The number of aliphatic hydroxyl groups is 1. The minimum absolute atomic E-state index is 0.201. The quantitative estimate of drug-likeness (QED) is 0.804. The molecule has 4 rings (SSSR count). The molecule has 2 aromatic carbocycles. The van der Waals surface area contributed by atoms with Crippen LogP contribution < -0.4 is 0 Å². The predicted molar refractivity (Wildman–Crippen MR) is 112 cm³/mol. The highest BCUT2D eigenvalue weighted by Crippen LogP contribution is 2.37. The Morgan fingerprint density at radius 2 is 1.77 bits per heavy atom. The lowest BCUT2D eigenvalue weighted by molar-refractivity contribution is -0.101. The van der Waals surface area contributed by atoms with Crippen LogP contribution in [0.15, 0.2) is 48.5 Å². The lowest BCUT2D eigenvalue weighted by Crippen LogP contribution is -2.64. The number of phenols is 1. The highest BCUT2D eigenvalue weighted by Gasteiger charge is 2.47. The lowest BCUT2D eigenvalue weighted by Gasteiger charge is -2.51. The van der Waals surface area contributed by atoms with Gasteiger partial charge in [0, 0.05) is 44.8 Å². The third kappa shape index (κ3) is 3.93. The van der Waals surface area contributed by atoms with E-state index in [9.17, 15) is 19.4 Å². The van der Waals surface area contributed by atoms with Crippen LogP contribution in [0, 0.1) is 5.82 Å². The Balaban J connectivity index is 1.62. The van der Waals surface area contributed by atoms with Gasteiger partial charge in [-0.15, -0.1) is 0 Å². The molecule has 0 unspecified atom stereocenters. The molecule has 0 spiro atoms. The topological polar surface area (TPSA) is 67.2 Å². The number of hydrogen-bond donors (Lipinski definition) is 2. The zero-order valence-corrected chi connectivity index (χ0v) is 17.2. The summed E-state index contributed by atoms with van der Waals surface area (Å²) in [5.41, 5.74) is -0.00183. The van der Waals surface area contributed by atoms with Gasteiger partial charge in [0.1, 0.15) is 5.60 Å². The number of likely N-dealkylation sites (N-methyl/N-ethyl adjacent to an activating group) is 1. The molecule has 2 aliphatic rings.